The summed E-state index contributed by atoms with van der Waals surface area (Å²) in [6.07, 6.45) is 7.29. The number of anilines is 2. The Morgan fingerprint density at radius 3 is 2.38 bits per heavy atom. The molecule has 0 saturated heterocycles. The lowest BCUT2D eigenvalue weighted by atomic mass is 9.92. The van der Waals surface area contributed by atoms with Crippen LogP contribution < -0.4 is 15.0 Å². The highest BCUT2D eigenvalue weighted by atomic mass is 16.5. The minimum absolute atomic E-state index is 0.375. The topological polar surface area (TPSA) is 84.4 Å². The predicted octanol–water partition coefficient (Wildman–Crippen LogP) is 6.26. The van der Waals surface area contributed by atoms with Crippen LogP contribution in [0.15, 0.2) is 54.9 Å². The van der Waals surface area contributed by atoms with E-state index in [0.717, 1.165) is 17.3 Å². The Morgan fingerprint density at radius 2 is 1.86 bits per heavy atom. The zero-order valence-corrected chi connectivity index (χ0v) is 22.7. The minimum Gasteiger partial charge on any atom is -0.486 e. The number of rotatable bonds is 8. The standard InChI is InChI=1S/C25H29N5O.C2H4O2.C2H6/c1-26-18-9-7-17(8-10-18)24-25(29(2)3)21-12-11-20(31-16-23-27-13-14-28-23)15-22(21)30(24)19-5-4-6-19;1-4-2-3;1-2/h7-15,19,26H,4-6,16H2,1-3H3,(H,27,28);2H,1H3;1-2H3. The number of nitrogens with zero attached hydrogens (tertiary/aromatic N) is 3. The van der Waals surface area contributed by atoms with E-state index in [-0.39, 0.29) is 0 Å². The molecule has 0 radical (unpaired) electrons. The van der Waals surface area contributed by atoms with Gasteiger partial charge in [-0.15, -0.1) is 0 Å². The number of aromatic nitrogens is 3. The van der Waals surface area contributed by atoms with Gasteiger partial charge in [-0.1, -0.05) is 26.0 Å². The number of carbonyl (C=O) groups excluding carboxylic acids is 1. The van der Waals surface area contributed by atoms with Gasteiger partial charge in [0, 0.05) is 62.3 Å². The molecule has 0 spiro atoms. The van der Waals surface area contributed by atoms with Crippen molar-refractivity contribution in [1.82, 2.24) is 14.5 Å². The summed E-state index contributed by atoms with van der Waals surface area (Å²) in [5, 5.41) is 4.48. The van der Waals surface area contributed by atoms with Crippen molar-refractivity contribution >= 4 is 28.7 Å². The third-order valence-electron chi connectivity index (χ3n) is 6.31. The van der Waals surface area contributed by atoms with Crippen molar-refractivity contribution in [1.29, 1.82) is 0 Å². The summed E-state index contributed by atoms with van der Waals surface area (Å²) in [5.41, 5.74) is 6.14. The van der Waals surface area contributed by atoms with E-state index in [0.29, 0.717) is 19.1 Å². The van der Waals surface area contributed by atoms with Crippen LogP contribution in [-0.4, -0.2) is 49.3 Å². The van der Waals surface area contributed by atoms with Gasteiger partial charge in [-0.2, -0.15) is 0 Å². The van der Waals surface area contributed by atoms with E-state index in [1.165, 1.54) is 54.2 Å². The van der Waals surface area contributed by atoms with Gasteiger partial charge in [-0.05, 0) is 43.5 Å². The summed E-state index contributed by atoms with van der Waals surface area (Å²) in [6, 6.07) is 15.7. The van der Waals surface area contributed by atoms with Crippen LogP contribution in [0.4, 0.5) is 11.4 Å². The van der Waals surface area contributed by atoms with Crippen LogP contribution in [0.5, 0.6) is 5.75 Å². The highest BCUT2D eigenvalue weighted by Gasteiger charge is 2.28. The van der Waals surface area contributed by atoms with E-state index in [4.69, 9.17) is 9.53 Å². The third kappa shape index (κ3) is 6.25. The number of imidazole rings is 1. The van der Waals surface area contributed by atoms with Crippen molar-refractivity contribution in [3.8, 4) is 17.0 Å². The third-order valence-corrected chi connectivity index (χ3v) is 6.31. The fourth-order valence-corrected chi connectivity index (χ4v) is 4.44. The molecule has 198 valence electrons. The van der Waals surface area contributed by atoms with Crippen molar-refractivity contribution in [3.05, 3.63) is 60.7 Å². The van der Waals surface area contributed by atoms with Crippen LogP contribution in [0, 0.1) is 0 Å². The smallest absolute Gasteiger partial charge is 0.292 e. The molecule has 0 bridgehead atoms. The molecule has 8 nitrogen and oxygen atoms in total. The molecule has 2 N–H and O–H groups in total. The SMILES string of the molecule is CC.CNc1ccc(-c2c(N(C)C)c3ccc(OCc4ncc[nH]4)cc3n2C2CCC2)cc1.COC=O. The van der Waals surface area contributed by atoms with E-state index < -0.39 is 0 Å². The first-order valence-corrected chi connectivity index (χ1v) is 12.8. The summed E-state index contributed by atoms with van der Waals surface area (Å²) >= 11 is 0. The summed E-state index contributed by atoms with van der Waals surface area (Å²) in [6.45, 7) is 4.81. The maximum atomic E-state index is 8.95. The van der Waals surface area contributed by atoms with E-state index in [2.05, 4.69) is 86.0 Å². The van der Waals surface area contributed by atoms with Crippen LogP contribution in [0.1, 0.15) is 45.0 Å². The molecular weight excluding hydrogens is 466 g/mol. The Balaban J connectivity index is 0.000000580. The first-order chi connectivity index (χ1) is 18.1. The number of H-pyrrole nitrogens is 1. The number of hydrogen-bond acceptors (Lipinski definition) is 6. The Bertz CT molecular complexity index is 1240. The number of aromatic amines is 1. The van der Waals surface area contributed by atoms with Crippen LogP contribution in [-0.2, 0) is 16.1 Å². The molecule has 5 rings (SSSR count). The quantitative estimate of drug-likeness (QED) is 0.275. The molecule has 1 fully saturated rings. The number of ether oxygens (including phenoxy) is 2. The number of carbonyl (C=O) groups is 1. The highest BCUT2D eigenvalue weighted by molar-refractivity contribution is 6.03. The molecule has 4 aromatic rings. The maximum Gasteiger partial charge on any atom is 0.292 e. The van der Waals surface area contributed by atoms with Gasteiger partial charge < -0.3 is 29.2 Å². The molecule has 2 aromatic heterocycles. The largest absolute Gasteiger partial charge is 0.486 e. The molecule has 1 saturated carbocycles. The first-order valence-electron chi connectivity index (χ1n) is 12.8. The summed E-state index contributed by atoms with van der Waals surface area (Å²) in [5.74, 6) is 1.69. The van der Waals surface area contributed by atoms with E-state index in [1.807, 2.05) is 27.1 Å². The molecule has 0 aliphatic heterocycles. The van der Waals surface area contributed by atoms with Crippen molar-refractivity contribution in [2.45, 2.75) is 45.8 Å². The van der Waals surface area contributed by atoms with Crippen LogP contribution in [0.3, 0.4) is 0 Å². The summed E-state index contributed by atoms with van der Waals surface area (Å²) in [4.78, 5) is 18.5. The van der Waals surface area contributed by atoms with Gasteiger partial charge >= 0.3 is 0 Å². The second-order valence-corrected chi connectivity index (χ2v) is 8.71. The molecular formula is C29H39N5O3. The van der Waals surface area contributed by atoms with E-state index >= 15 is 0 Å². The lowest BCUT2D eigenvalue weighted by Gasteiger charge is -2.30. The van der Waals surface area contributed by atoms with Gasteiger partial charge in [0.05, 0.1) is 24.0 Å². The second kappa shape index (κ2) is 13.4. The summed E-state index contributed by atoms with van der Waals surface area (Å²) in [7, 11) is 7.53. The fraction of sp³-hybridized carbons (Fsp3) is 0.379. The van der Waals surface area contributed by atoms with Crippen molar-refractivity contribution in [3.63, 3.8) is 0 Å². The summed E-state index contributed by atoms with van der Waals surface area (Å²) < 4.78 is 12.5. The number of methoxy groups -OCH3 is 1. The molecule has 2 heterocycles. The molecule has 0 unspecified atom stereocenters. The van der Waals surface area contributed by atoms with Gasteiger partial charge in [0.2, 0.25) is 0 Å². The molecule has 37 heavy (non-hydrogen) atoms. The lowest BCUT2D eigenvalue weighted by Crippen LogP contribution is -2.18. The van der Waals surface area contributed by atoms with Gasteiger partial charge in [-0.25, -0.2) is 4.98 Å². The Kier molecular flexibility index (Phi) is 10.0. The van der Waals surface area contributed by atoms with Crippen molar-refractivity contribution in [2.75, 3.05) is 38.5 Å². The van der Waals surface area contributed by atoms with Crippen LogP contribution in [0.25, 0.3) is 22.2 Å². The fourth-order valence-electron chi connectivity index (χ4n) is 4.44. The molecule has 1 aliphatic carbocycles. The van der Waals surface area contributed by atoms with Crippen molar-refractivity contribution in [2.24, 2.45) is 0 Å². The zero-order valence-electron chi connectivity index (χ0n) is 22.7. The van der Waals surface area contributed by atoms with Crippen LogP contribution >= 0.6 is 0 Å². The Morgan fingerprint density at radius 1 is 1.16 bits per heavy atom. The first kappa shape index (κ1) is 27.6. The Labute approximate surface area is 219 Å². The van der Waals surface area contributed by atoms with Crippen LogP contribution in [0.2, 0.25) is 0 Å². The number of fused-ring (bicyclic) bond motifs is 1. The van der Waals surface area contributed by atoms with Gasteiger partial charge in [0.25, 0.3) is 6.47 Å². The number of benzene rings is 2. The van der Waals surface area contributed by atoms with E-state index in [1.54, 1.807) is 6.20 Å². The Hall–Kier alpha value is -3.94. The highest BCUT2D eigenvalue weighted by Crippen LogP contribution is 2.47. The zero-order chi connectivity index (χ0) is 26.8. The molecule has 2 aromatic carbocycles. The number of nitrogens with one attached hydrogen (secondary N) is 2. The number of hydrogen-bond donors (Lipinski definition) is 2. The molecule has 0 amide bonds. The van der Waals surface area contributed by atoms with Gasteiger partial charge in [0.1, 0.15) is 18.2 Å². The average molecular weight is 506 g/mol. The van der Waals surface area contributed by atoms with Crippen molar-refractivity contribution < 1.29 is 14.3 Å². The normalized spacial score (nSPS) is 12.4. The lowest BCUT2D eigenvalue weighted by molar-refractivity contribution is -0.126. The minimum atomic E-state index is 0.375. The molecule has 1 aliphatic rings. The average Bonchev–Trinajstić information content (AvgIpc) is 3.54. The molecule has 8 heteroatoms. The van der Waals surface area contributed by atoms with Gasteiger partial charge in [0.15, 0.2) is 0 Å². The molecule has 0 atom stereocenters. The second-order valence-electron chi connectivity index (χ2n) is 8.71. The van der Waals surface area contributed by atoms with E-state index in [9.17, 15) is 0 Å². The maximum absolute atomic E-state index is 8.95. The monoisotopic (exact) mass is 505 g/mol. The predicted molar refractivity (Wildman–Crippen MR) is 151 cm³/mol. The van der Waals surface area contributed by atoms with Gasteiger partial charge in [-0.3, -0.25) is 4.79 Å².